The number of nitrogens with one attached hydrogen (secondary N) is 1. The molecular formula is C15H21N3. The summed E-state index contributed by atoms with van der Waals surface area (Å²) in [6.45, 7) is 4.20. The van der Waals surface area contributed by atoms with Crippen molar-refractivity contribution in [1.82, 2.24) is 5.32 Å². The summed E-state index contributed by atoms with van der Waals surface area (Å²) in [5.74, 6) is 0. The van der Waals surface area contributed by atoms with Gasteiger partial charge in [-0.2, -0.15) is 0 Å². The maximum atomic E-state index is 5.83. The fourth-order valence-corrected chi connectivity index (χ4v) is 2.22. The van der Waals surface area contributed by atoms with Crippen molar-refractivity contribution < 1.29 is 0 Å². The molecule has 0 spiro atoms. The number of nitrogens with zero attached hydrogens (tertiary/aromatic N) is 1. The molecule has 1 aromatic rings. The maximum absolute atomic E-state index is 5.83. The third kappa shape index (κ3) is 3.21. The van der Waals surface area contributed by atoms with Gasteiger partial charge in [0.05, 0.1) is 0 Å². The van der Waals surface area contributed by atoms with E-state index in [-0.39, 0.29) is 0 Å². The van der Waals surface area contributed by atoms with Crippen molar-refractivity contribution in [2.75, 3.05) is 30.8 Å². The van der Waals surface area contributed by atoms with Gasteiger partial charge in [-0.25, -0.2) is 0 Å². The Morgan fingerprint density at radius 3 is 2.89 bits per heavy atom. The van der Waals surface area contributed by atoms with Gasteiger partial charge in [0, 0.05) is 31.5 Å². The largest absolute Gasteiger partial charge is 0.399 e. The van der Waals surface area contributed by atoms with Crippen LogP contribution in [0.2, 0.25) is 0 Å². The Balaban J connectivity index is 0.000000771. The second-order valence-corrected chi connectivity index (χ2v) is 4.34. The van der Waals surface area contributed by atoms with E-state index in [2.05, 4.69) is 42.1 Å². The lowest BCUT2D eigenvalue weighted by atomic mass is 10.1. The van der Waals surface area contributed by atoms with E-state index in [1.165, 1.54) is 16.8 Å². The Bertz CT molecular complexity index is 446. The first-order chi connectivity index (χ1) is 8.70. The molecule has 96 valence electrons. The lowest BCUT2D eigenvalue weighted by molar-refractivity contribution is 0.870. The number of nitrogens with two attached hydrogens (primary N) is 1. The zero-order valence-corrected chi connectivity index (χ0v) is 11.1. The van der Waals surface area contributed by atoms with Crippen LogP contribution in [-0.2, 0) is 6.42 Å². The van der Waals surface area contributed by atoms with E-state index in [0.717, 1.165) is 25.2 Å². The van der Waals surface area contributed by atoms with Gasteiger partial charge in [0.15, 0.2) is 0 Å². The van der Waals surface area contributed by atoms with Gasteiger partial charge in [-0.3, -0.25) is 0 Å². The van der Waals surface area contributed by atoms with E-state index in [0.29, 0.717) is 0 Å². The number of anilines is 2. The van der Waals surface area contributed by atoms with Crippen LogP contribution in [0.4, 0.5) is 11.4 Å². The Morgan fingerprint density at radius 2 is 2.22 bits per heavy atom. The smallest absolute Gasteiger partial charge is 0.0423 e. The molecule has 0 radical (unpaired) electrons. The number of hydrogen-bond acceptors (Lipinski definition) is 3. The summed E-state index contributed by atoms with van der Waals surface area (Å²) in [5, 5.41) is 3.06. The van der Waals surface area contributed by atoms with Crippen molar-refractivity contribution in [1.29, 1.82) is 0 Å². The Kier molecular flexibility index (Phi) is 5.13. The zero-order chi connectivity index (χ0) is 13.5. The highest BCUT2D eigenvalue weighted by molar-refractivity contribution is 5.64. The molecule has 0 amide bonds. The summed E-state index contributed by atoms with van der Waals surface area (Å²) < 4.78 is 0. The molecule has 18 heavy (non-hydrogen) atoms. The quantitative estimate of drug-likeness (QED) is 0.630. The number of benzene rings is 1. The van der Waals surface area contributed by atoms with Gasteiger partial charge < -0.3 is 16.0 Å². The van der Waals surface area contributed by atoms with Gasteiger partial charge in [-0.05, 0) is 42.8 Å². The highest BCUT2D eigenvalue weighted by Crippen LogP contribution is 2.30. The summed E-state index contributed by atoms with van der Waals surface area (Å²) in [5.41, 5.74) is 10.7. The molecule has 0 unspecified atom stereocenters. The average Bonchev–Trinajstić information content (AvgIpc) is 2.75. The predicted octanol–water partition coefficient (Wildman–Crippen LogP) is 2.00. The average molecular weight is 243 g/mol. The highest BCUT2D eigenvalue weighted by Gasteiger charge is 2.18. The number of fused-ring (bicyclic) bond motifs is 1. The minimum Gasteiger partial charge on any atom is -0.399 e. The molecule has 1 aliphatic rings. The second-order valence-electron chi connectivity index (χ2n) is 4.34. The van der Waals surface area contributed by atoms with Crippen LogP contribution in [0, 0.1) is 12.8 Å². The molecule has 3 nitrogen and oxygen atoms in total. The van der Waals surface area contributed by atoms with E-state index in [9.17, 15) is 0 Å². The lowest BCUT2D eigenvalue weighted by Gasteiger charge is -2.20. The van der Waals surface area contributed by atoms with Crippen molar-refractivity contribution in [2.45, 2.75) is 13.3 Å². The van der Waals surface area contributed by atoms with Gasteiger partial charge >= 0.3 is 0 Å². The van der Waals surface area contributed by atoms with Crippen LogP contribution in [0.1, 0.15) is 12.5 Å². The molecule has 0 aromatic heterocycles. The number of hydrogen-bond donors (Lipinski definition) is 2. The van der Waals surface area contributed by atoms with Crippen LogP contribution < -0.4 is 16.0 Å². The van der Waals surface area contributed by atoms with Gasteiger partial charge in [-0.15, -0.1) is 12.8 Å². The molecule has 0 saturated carbocycles. The minimum atomic E-state index is 0.848. The van der Waals surface area contributed by atoms with Crippen molar-refractivity contribution >= 4 is 11.4 Å². The number of terminal acetylenes is 1. The van der Waals surface area contributed by atoms with Gasteiger partial charge in [0.2, 0.25) is 0 Å². The molecule has 0 aliphatic carbocycles. The lowest BCUT2D eigenvalue weighted by Crippen LogP contribution is -2.23. The van der Waals surface area contributed by atoms with Gasteiger partial charge in [0.1, 0.15) is 0 Å². The van der Waals surface area contributed by atoms with Crippen molar-refractivity contribution in [2.24, 2.45) is 0 Å². The molecule has 3 heteroatoms. The molecule has 2 rings (SSSR count). The van der Waals surface area contributed by atoms with E-state index in [4.69, 9.17) is 5.73 Å². The third-order valence-corrected chi connectivity index (χ3v) is 2.93. The summed E-state index contributed by atoms with van der Waals surface area (Å²) >= 11 is 0. The monoisotopic (exact) mass is 243 g/mol. The summed E-state index contributed by atoms with van der Waals surface area (Å²) in [6.07, 6.45) is 11.2. The van der Waals surface area contributed by atoms with E-state index < -0.39 is 0 Å². The summed E-state index contributed by atoms with van der Waals surface area (Å²) in [7, 11) is 1.93. The molecule has 0 bridgehead atoms. The highest BCUT2D eigenvalue weighted by atomic mass is 15.1. The van der Waals surface area contributed by atoms with Crippen molar-refractivity contribution in [3.05, 3.63) is 35.5 Å². The zero-order valence-electron chi connectivity index (χ0n) is 11.1. The SMILES string of the molecule is C#C.CN/C=C(\C)CN1CCc2ccc(N)cc21. The fourth-order valence-electron chi connectivity index (χ4n) is 2.22. The van der Waals surface area contributed by atoms with Crippen LogP contribution in [0.5, 0.6) is 0 Å². The molecule has 1 aliphatic heterocycles. The third-order valence-electron chi connectivity index (χ3n) is 2.93. The van der Waals surface area contributed by atoms with Gasteiger partial charge in [0.25, 0.3) is 0 Å². The van der Waals surface area contributed by atoms with Crippen LogP contribution in [0.25, 0.3) is 0 Å². The first-order valence-corrected chi connectivity index (χ1v) is 6.00. The Morgan fingerprint density at radius 1 is 1.50 bits per heavy atom. The number of rotatable bonds is 3. The van der Waals surface area contributed by atoms with Crippen LogP contribution in [0.3, 0.4) is 0 Å². The topological polar surface area (TPSA) is 41.3 Å². The van der Waals surface area contributed by atoms with Crippen molar-refractivity contribution in [3.63, 3.8) is 0 Å². The molecule has 3 N–H and O–H groups in total. The Labute approximate surface area is 110 Å². The van der Waals surface area contributed by atoms with Crippen LogP contribution in [0.15, 0.2) is 30.0 Å². The first kappa shape index (κ1) is 14.0. The molecular weight excluding hydrogens is 222 g/mol. The number of nitrogen functional groups attached to an aromatic ring is 1. The van der Waals surface area contributed by atoms with Gasteiger partial charge in [-0.1, -0.05) is 6.07 Å². The molecule has 1 aromatic carbocycles. The van der Waals surface area contributed by atoms with Crippen molar-refractivity contribution in [3.8, 4) is 12.8 Å². The first-order valence-electron chi connectivity index (χ1n) is 6.00. The fraction of sp³-hybridized carbons (Fsp3) is 0.333. The van der Waals surface area contributed by atoms with E-state index >= 15 is 0 Å². The molecule has 1 heterocycles. The van der Waals surface area contributed by atoms with E-state index in [1.807, 2.05) is 19.3 Å². The minimum absolute atomic E-state index is 0.848. The Hall–Kier alpha value is -2.08. The molecule has 0 atom stereocenters. The second kappa shape index (κ2) is 6.61. The predicted molar refractivity (Wildman–Crippen MR) is 79.5 cm³/mol. The van der Waals surface area contributed by atoms with E-state index in [1.54, 1.807) is 0 Å². The van der Waals surface area contributed by atoms with Crippen LogP contribution >= 0.6 is 0 Å². The summed E-state index contributed by atoms with van der Waals surface area (Å²) in [4.78, 5) is 2.38. The molecule has 0 saturated heterocycles. The maximum Gasteiger partial charge on any atom is 0.0423 e. The normalized spacial score (nSPS) is 13.6. The summed E-state index contributed by atoms with van der Waals surface area (Å²) in [6, 6.07) is 6.20. The standard InChI is InChI=1S/C13H19N3.C2H2/c1-10(8-15-2)9-16-6-5-11-3-4-12(14)7-13(11)16;1-2/h3-4,7-8,15H,5-6,9,14H2,1-2H3;1-2H/b10-8+;. The van der Waals surface area contributed by atoms with Crippen LogP contribution in [-0.4, -0.2) is 20.1 Å². The molecule has 0 fully saturated rings.